The molecule has 6 nitrogen and oxygen atoms in total. The molecule has 0 aromatic carbocycles. The van der Waals surface area contributed by atoms with E-state index in [2.05, 4.69) is 15.2 Å². The van der Waals surface area contributed by atoms with Gasteiger partial charge in [-0.2, -0.15) is 5.10 Å². The number of amides is 1. The molecular weight excluding hydrogens is 325 g/mol. The summed E-state index contributed by atoms with van der Waals surface area (Å²) in [5.74, 6) is 1.32. The lowest BCUT2D eigenvalue weighted by molar-refractivity contribution is 0.0590. The number of nitrogens with zero attached hydrogens (tertiary/aromatic N) is 4. The lowest BCUT2D eigenvalue weighted by Gasteiger charge is -2.34. The molecule has 1 N–H and O–H groups in total. The summed E-state index contributed by atoms with van der Waals surface area (Å²) in [7, 11) is 1.73. The summed E-state index contributed by atoms with van der Waals surface area (Å²) in [6.45, 7) is 2.53. The number of piperidine rings is 1. The van der Waals surface area contributed by atoms with E-state index in [1.807, 2.05) is 11.8 Å². The second kappa shape index (κ2) is 5.93. The van der Waals surface area contributed by atoms with Crippen LogP contribution >= 0.6 is 23.2 Å². The van der Waals surface area contributed by atoms with Crippen molar-refractivity contribution in [2.75, 3.05) is 6.54 Å². The summed E-state index contributed by atoms with van der Waals surface area (Å²) < 4.78 is 1.61. The van der Waals surface area contributed by atoms with Crippen LogP contribution < -0.4 is 0 Å². The van der Waals surface area contributed by atoms with Crippen LogP contribution in [0.2, 0.25) is 10.2 Å². The van der Waals surface area contributed by atoms with Gasteiger partial charge in [0.15, 0.2) is 5.82 Å². The SMILES string of the molecule is Cc1nc(C2CCCCN2C(=O)c2cc(Cl)c(Cl)n2C)n[nH]1. The van der Waals surface area contributed by atoms with Crippen molar-refractivity contribution in [1.82, 2.24) is 24.6 Å². The predicted molar refractivity (Wildman–Crippen MR) is 84.2 cm³/mol. The van der Waals surface area contributed by atoms with Crippen LogP contribution in [0.15, 0.2) is 6.07 Å². The molecule has 0 bridgehead atoms. The topological polar surface area (TPSA) is 66.8 Å². The minimum absolute atomic E-state index is 0.0940. The van der Waals surface area contributed by atoms with Gasteiger partial charge in [-0.25, -0.2) is 4.98 Å². The fourth-order valence-corrected chi connectivity index (χ4v) is 3.22. The molecule has 1 aliphatic rings. The maximum atomic E-state index is 12.9. The summed E-state index contributed by atoms with van der Waals surface area (Å²) >= 11 is 12.1. The summed E-state index contributed by atoms with van der Waals surface area (Å²) in [6, 6.07) is 1.50. The van der Waals surface area contributed by atoms with Gasteiger partial charge in [0.25, 0.3) is 5.91 Å². The lowest BCUT2D eigenvalue weighted by atomic mass is 10.0. The summed E-state index contributed by atoms with van der Waals surface area (Å²) in [4.78, 5) is 19.1. The van der Waals surface area contributed by atoms with Crippen LogP contribution in [0.1, 0.15) is 47.4 Å². The number of halogens is 2. The van der Waals surface area contributed by atoms with E-state index >= 15 is 0 Å². The first-order chi connectivity index (χ1) is 10.5. The second-order valence-corrected chi connectivity index (χ2v) is 6.28. The Hall–Kier alpha value is -1.53. The first kappa shape index (κ1) is 15.4. The maximum absolute atomic E-state index is 12.9. The Balaban J connectivity index is 1.93. The fraction of sp³-hybridized carbons (Fsp3) is 0.500. The third-order valence-corrected chi connectivity index (χ3v) is 4.85. The van der Waals surface area contributed by atoms with Gasteiger partial charge in [0, 0.05) is 13.6 Å². The van der Waals surface area contributed by atoms with Crippen LogP contribution in [0, 0.1) is 6.92 Å². The third kappa shape index (κ3) is 2.61. The Kier molecular flexibility index (Phi) is 4.14. The van der Waals surface area contributed by atoms with Crippen LogP contribution in [0.4, 0.5) is 0 Å². The van der Waals surface area contributed by atoms with Gasteiger partial charge >= 0.3 is 0 Å². The summed E-state index contributed by atoms with van der Waals surface area (Å²) in [5, 5.41) is 7.82. The van der Waals surface area contributed by atoms with Gasteiger partial charge in [-0.05, 0) is 32.3 Å². The van der Waals surface area contributed by atoms with E-state index in [0.29, 0.717) is 28.2 Å². The molecule has 22 heavy (non-hydrogen) atoms. The Morgan fingerprint density at radius 1 is 1.41 bits per heavy atom. The van der Waals surface area contributed by atoms with E-state index in [1.54, 1.807) is 17.7 Å². The van der Waals surface area contributed by atoms with Crippen molar-refractivity contribution in [2.45, 2.75) is 32.2 Å². The quantitative estimate of drug-likeness (QED) is 0.912. The van der Waals surface area contributed by atoms with E-state index in [1.165, 1.54) is 0 Å². The van der Waals surface area contributed by atoms with Crippen LogP contribution in [0.25, 0.3) is 0 Å². The third-order valence-electron chi connectivity index (χ3n) is 4.01. The van der Waals surface area contributed by atoms with E-state index in [9.17, 15) is 4.79 Å². The zero-order chi connectivity index (χ0) is 15.9. The summed E-state index contributed by atoms with van der Waals surface area (Å²) in [5.41, 5.74) is 0.481. The van der Waals surface area contributed by atoms with Gasteiger partial charge in [-0.1, -0.05) is 23.2 Å². The molecule has 3 rings (SSSR count). The number of nitrogens with one attached hydrogen (secondary N) is 1. The summed E-state index contributed by atoms with van der Waals surface area (Å²) in [6.07, 6.45) is 2.88. The Morgan fingerprint density at radius 2 is 2.18 bits per heavy atom. The molecule has 2 aromatic rings. The van der Waals surface area contributed by atoms with Crippen LogP contribution in [0.3, 0.4) is 0 Å². The van der Waals surface area contributed by atoms with Crippen molar-refractivity contribution in [3.63, 3.8) is 0 Å². The number of carbonyl (C=O) groups excluding carboxylic acids is 1. The van der Waals surface area contributed by atoms with Crippen molar-refractivity contribution >= 4 is 29.1 Å². The number of rotatable bonds is 2. The molecular formula is C14H17Cl2N5O. The monoisotopic (exact) mass is 341 g/mol. The van der Waals surface area contributed by atoms with Gasteiger partial charge < -0.3 is 9.47 Å². The molecule has 8 heteroatoms. The Morgan fingerprint density at radius 3 is 2.77 bits per heavy atom. The largest absolute Gasteiger partial charge is 0.329 e. The molecule has 118 valence electrons. The number of aromatic nitrogens is 4. The van der Waals surface area contributed by atoms with Crippen molar-refractivity contribution in [3.8, 4) is 0 Å². The minimum Gasteiger partial charge on any atom is -0.329 e. The molecule has 0 saturated carbocycles. The molecule has 1 unspecified atom stereocenters. The van der Waals surface area contributed by atoms with Crippen LogP contribution in [-0.2, 0) is 7.05 Å². The Bertz CT molecular complexity index is 708. The molecule has 3 heterocycles. The normalized spacial score (nSPS) is 18.7. The molecule has 1 atom stereocenters. The number of hydrogen-bond acceptors (Lipinski definition) is 3. The Labute approximate surface area is 138 Å². The number of aryl methyl sites for hydroxylation is 1. The average molecular weight is 342 g/mol. The highest BCUT2D eigenvalue weighted by atomic mass is 35.5. The number of carbonyl (C=O) groups is 1. The van der Waals surface area contributed by atoms with Crippen LogP contribution in [-0.4, -0.2) is 37.1 Å². The van der Waals surface area contributed by atoms with E-state index < -0.39 is 0 Å². The number of H-pyrrole nitrogens is 1. The van der Waals surface area contributed by atoms with Crippen molar-refractivity contribution in [2.24, 2.45) is 7.05 Å². The number of hydrogen-bond donors (Lipinski definition) is 1. The maximum Gasteiger partial charge on any atom is 0.271 e. The number of likely N-dealkylation sites (tertiary alicyclic amines) is 1. The van der Waals surface area contributed by atoms with Gasteiger partial charge in [-0.15, -0.1) is 0 Å². The highest BCUT2D eigenvalue weighted by Gasteiger charge is 2.32. The molecule has 1 fully saturated rings. The van der Waals surface area contributed by atoms with Crippen molar-refractivity contribution in [3.05, 3.63) is 33.6 Å². The highest BCUT2D eigenvalue weighted by Crippen LogP contribution is 2.32. The molecule has 0 aliphatic carbocycles. The van der Waals surface area contributed by atoms with E-state index in [-0.39, 0.29) is 11.9 Å². The zero-order valence-corrected chi connectivity index (χ0v) is 13.9. The van der Waals surface area contributed by atoms with Gasteiger partial charge in [0.05, 0.1) is 11.1 Å². The standard InChI is InChI=1S/C14H17Cl2N5O/c1-8-17-13(19-18-8)10-5-3-4-6-21(10)14(22)11-7-9(15)12(16)20(11)2/h7,10H,3-6H2,1-2H3,(H,17,18,19). The van der Waals surface area contributed by atoms with Crippen molar-refractivity contribution in [1.29, 1.82) is 0 Å². The minimum atomic E-state index is -0.112. The molecule has 1 amide bonds. The molecule has 0 spiro atoms. The van der Waals surface area contributed by atoms with Gasteiger partial charge in [-0.3, -0.25) is 9.89 Å². The van der Waals surface area contributed by atoms with Crippen LogP contribution in [0.5, 0.6) is 0 Å². The predicted octanol–water partition coefficient (Wildman–Crippen LogP) is 3.13. The van der Waals surface area contributed by atoms with Gasteiger partial charge in [0.2, 0.25) is 0 Å². The molecule has 1 saturated heterocycles. The van der Waals surface area contributed by atoms with E-state index in [0.717, 1.165) is 25.1 Å². The first-order valence-corrected chi connectivity index (χ1v) is 7.95. The zero-order valence-electron chi connectivity index (χ0n) is 12.4. The van der Waals surface area contributed by atoms with Gasteiger partial charge in [0.1, 0.15) is 16.7 Å². The van der Waals surface area contributed by atoms with Crippen molar-refractivity contribution < 1.29 is 4.79 Å². The van der Waals surface area contributed by atoms with E-state index in [4.69, 9.17) is 23.2 Å². The highest BCUT2D eigenvalue weighted by molar-refractivity contribution is 6.41. The second-order valence-electron chi connectivity index (χ2n) is 5.52. The molecule has 2 aromatic heterocycles. The first-order valence-electron chi connectivity index (χ1n) is 7.19. The number of aromatic amines is 1. The lowest BCUT2D eigenvalue weighted by Crippen LogP contribution is -2.39. The average Bonchev–Trinajstić information content (AvgIpc) is 3.06. The molecule has 0 radical (unpaired) electrons. The fourth-order valence-electron chi connectivity index (χ4n) is 2.85. The molecule has 1 aliphatic heterocycles. The smallest absolute Gasteiger partial charge is 0.271 e.